The summed E-state index contributed by atoms with van der Waals surface area (Å²) < 4.78 is 6.97. The van der Waals surface area contributed by atoms with E-state index in [2.05, 4.69) is 63.2 Å². The van der Waals surface area contributed by atoms with Gasteiger partial charge in [0.05, 0.1) is 0 Å². The van der Waals surface area contributed by atoms with Gasteiger partial charge < -0.3 is 17.0 Å². The number of para-hydroxylation sites is 1. The first kappa shape index (κ1) is 16.6. The van der Waals surface area contributed by atoms with E-state index < -0.39 is 0 Å². The van der Waals surface area contributed by atoms with Crippen molar-refractivity contribution in [3.63, 3.8) is 0 Å². The molecule has 0 aliphatic rings. The highest BCUT2D eigenvalue weighted by Crippen LogP contribution is 2.13. The molecular formula is C19H16BrN3S. The van der Waals surface area contributed by atoms with Crippen LogP contribution in [0.3, 0.4) is 0 Å². The number of aromatic nitrogens is 3. The van der Waals surface area contributed by atoms with Gasteiger partial charge in [-0.2, -0.15) is 4.57 Å². The fraction of sp³-hybridized carbons (Fsp3) is 0.0526. The molecule has 0 saturated carbocycles. The van der Waals surface area contributed by atoms with Gasteiger partial charge in [0.2, 0.25) is 0 Å². The van der Waals surface area contributed by atoms with Crippen molar-refractivity contribution in [1.82, 2.24) is 9.20 Å². The van der Waals surface area contributed by atoms with Crippen LogP contribution in [-0.2, 0) is 0 Å². The molecule has 120 valence electrons. The second-order valence-corrected chi connectivity index (χ2v) is 5.87. The summed E-state index contributed by atoms with van der Waals surface area (Å²) in [6.45, 7) is 2.09. The summed E-state index contributed by atoms with van der Waals surface area (Å²) in [6.07, 6.45) is 2.03. The van der Waals surface area contributed by atoms with Crippen LogP contribution in [0.1, 0.15) is 5.56 Å². The molecule has 0 unspecified atom stereocenters. The van der Waals surface area contributed by atoms with Crippen molar-refractivity contribution in [2.45, 2.75) is 6.92 Å². The molecule has 2 aromatic carbocycles. The van der Waals surface area contributed by atoms with Gasteiger partial charge >= 0.3 is 4.77 Å². The third-order valence-electron chi connectivity index (χ3n) is 3.93. The number of pyridine rings is 1. The van der Waals surface area contributed by atoms with Gasteiger partial charge in [0, 0.05) is 6.07 Å². The SMILES string of the molecule is Cc1ccc(-n2c(=S)[n+](-c3ccccc3)c3ccccn32)cc1.[Br-]. The van der Waals surface area contributed by atoms with Crippen LogP contribution in [0, 0.1) is 11.7 Å². The van der Waals surface area contributed by atoms with Crippen LogP contribution in [0.4, 0.5) is 0 Å². The number of hydrogen-bond acceptors (Lipinski definition) is 1. The highest BCUT2D eigenvalue weighted by molar-refractivity contribution is 7.71. The van der Waals surface area contributed by atoms with Gasteiger partial charge in [0.25, 0.3) is 5.65 Å². The van der Waals surface area contributed by atoms with Crippen molar-refractivity contribution in [3.8, 4) is 11.4 Å². The quantitative estimate of drug-likeness (QED) is 0.364. The molecule has 5 heteroatoms. The first-order valence-electron chi connectivity index (χ1n) is 7.52. The molecular weight excluding hydrogens is 382 g/mol. The Kier molecular flexibility index (Phi) is 4.64. The molecule has 24 heavy (non-hydrogen) atoms. The molecule has 4 aromatic rings. The van der Waals surface area contributed by atoms with Gasteiger partial charge in [-0.15, -0.1) is 4.52 Å². The minimum Gasteiger partial charge on any atom is -1.00 e. The molecule has 0 fully saturated rings. The van der Waals surface area contributed by atoms with E-state index >= 15 is 0 Å². The lowest BCUT2D eigenvalue weighted by molar-refractivity contribution is -0.576. The second kappa shape index (κ2) is 6.71. The fourth-order valence-electron chi connectivity index (χ4n) is 2.80. The van der Waals surface area contributed by atoms with E-state index in [9.17, 15) is 0 Å². The van der Waals surface area contributed by atoms with Crippen molar-refractivity contribution in [2.75, 3.05) is 0 Å². The Morgan fingerprint density at radius 2 is 1.50 bits per heavy atom. The van der Waals surface area contributed by atoms with Gasteiger partial charge in [0.15, 0.2) is 0 Å². The summed E-state index contributed by atoms with van der Waals surface area (Å²) in [4.78, 5) is 0. The van der Waals surface area contributed by atoms with E-state index in [1.54, 1.807) is 0 Å². The maximum atomic E-state index is 5.79. The molecule has 0 bridgehead atoms. The van der Waals surface area contributed by atoms with E-state index in [-0.39, 0.29) is 17.0 Å². The number of aryl methyl sites for hydroxylation is 1. The highest BCUT2D eigenvalue weighted by Gasteiger charge is 2.20. The standard InChI is InChI=1S/C19H16N3S.BrH/c1-15-10-12-17(13-11-15)22-19(23)21(16-7-3-2-4-8-16)18-9-5-6-14-20(18)22;/h2-14H,1H3;1H/q+1;/p-1. The molecule has 0 aliphatic carbocycles. The Bertz CT molecular complexity index is 1030. The largest absolute Gasteiger partial charge is 1.00 e. The van der Waals surface area contributed by atoms with Gasteiger partial charge in [-0.3, -0.25) is 0 Å². The predicted molar refractivity (Wildman–Crippen MR) is 93.8 cm³/mol. The molecule has 4 rings (SSSR count). The van der Waals surface area contributed by atoms with Gasteiger partial charge in [-0.05, 0) is 49.5 Å². The molecule has 0 saturated heterocycles. The second-order valence-electron chi connectivity index (χ2n) is 5.50. The number of halogens is 1. The van der Waals surface area contributed by atoms with Gasteiger partial charge in [-0.1, -0.05) is 46.6 Å². The molecule has 3 nitrogen and oxygen atoms in total. The van der Waals surface area contributed by atoms with E-state index in [1.807, 2.05) is 36.5 Å². The number of benzene rings is 2. The molecule has 0 radical (unpaired) electrons. The minimum absolute atomic E-state index is 0. The third kappa shape index (κ3) is 2.70. The average molecular weight is 398 g/mol. The molecule has 0 spiro atoms. The van der Waals surface area contributed by atoms with Crippen molar-refractivity contribution < 1.29 is 21.5 Å². The van der Waals surface area contributed by atoms with E-state index in [0.29, 0.717) is 0 Å². The van der Waals surface area contributed by atoms with Crippen molar-refractivity contribution >= 4 is 17.9 Å². The molecule has 0 atom stereocenters. The lowest BCUT2D eigenvalue weighted by Gasteiger charge is -1.98. The van der Waals surface area contributed by atoms with Crippen molar-refractivity contribution in [2.24, 2.45) is 0 Å². The zero-order valence-corrected chi connectivity index (χ0v) is 15.5. The zero-order chi connectivity index (χ0) is 15.8. The van der Waals surface area contributed by atoms with Crippen LogP contribution in [0.15, 0.2) is 79.0 Å². The van der Waals surface area contributed by atoms with Crippen LogP contribution in [0.25, 0.3) is 17.0 Å². The fourth-order valence-corrected chi connectivity index (χ4v) is 3.19. The Hall–Kier alpha value is -2.24. The average Bonchev–Trinajstić information content (AvgIpc) is 2.88. The molecule has 0 amide bonds. The van der Waals surface area contributed by atoms with Gasteiger partial charge in [0.1, 0.15) is 17.6 Å². The zero-order valence-electron chi connectivity index (χ0n) is 13.1. The number of hydrogen-bond donors (Lipinski definition) is 0. The third-order valence-corrected chi connectivity index (χ3v) is 4.28. The molecule has 0 N–H and O–H groups in total. The highest BCUT2D eigenvalue weighted by atomic mass is 79.9. The van der Waals surface area contributed by atoms with Gasteiger partial charge in [-0.25, -0.2) is 0 Å². The molecule has 2 heterocycles. The summed E-state index contributed by atoms with van der Waals surface area (Å²) in [6, 6.07) is 24.7. The van der Waals surface area contributed by atoms with Crippen LogP contribution in [-0.4, -0.2) is 9.20 Å². The Labute approximate surface area is 156 Å². The van der Waals surface area contributed by atoms with Crippen LogP contribution >= 0.6 is 12.2 Å². The van der Waals surface area contributed by atoms with E-state index in [0.717, 1.165) is 21.8 Å². The lowest BCUT2D eigenvalue weighted by atomic mass is 10.2. The van der Waals surface area contributed by atoms with Crippen molar-refractivity contribution in [3.05, 3.63) is 89.3 Å². The summed E-state index contributed by atoms with van der Waals surface area (Å²) in [5.41, 5.74) is 4.38. The van der Waals surface area contributed by atoms with Crippen molar-refractivity contribution in [1.29, 1.82) is 0 Å². The Balaban J connectivity index is 0.00000169. The van der Waals surface area contributed by atoms with E-state index in [4.69, 9.17) is 12.2 Å². The summed E-state index contributed by atoms with van der Waals surface area (Å²) >= 11 is 5.79. The number of nitrogens with zero attached hydrogens (tertiary/aromatic N) is 3. The maximum Gasteiger partial charge on any atom is 0.336 e. The normalized spacial score (nSPS) is 10.5. The molecule has 0 aliphatic heterocycles. The predicted octanol–water partition coefficient (Wildman–Crippen LogP) is 1.05. The smallest absolute Gasteiger partial charge is 0.336 e. The lowest BCUT2D eigenvalue weighted by Crippen LogP contribution is -3.00. The topological polar surface area (TPSA) is 13.2 Å². The summed E-state index contributed by atoms with van der Waals surface area (Å²) in [5, 5.41) is 0. The van der Waals surface area contributed by atoms with E-state index in [1.165, 1.54) is 5.56 Å². The molecule has 2 aromatic heterocycles. The van der Waals surface area contributed by atoms with Crippen LogP contribution in [0.5, 0.6) is 0 Å². The summed E-state index contributed by atoms with van der Waals surface area (Å²) in [7, 11) is 0. The first-order chi connectivity index (χ1) is 11.3. The maximum absolute atomic E-state index is 5.79. The number of rotatable bonds is 2. The first-order valence-corrected chi connectivity index (χ1v) is 7.93. The van der Waals surface area contributed by atoms with Crippen LogP contribution in [0.2, 0.25) is 0 Å². The summed E-state index contributed by atoms with van der Waals surface area (Å²) in [5.74, 6) is 0. The minimum atomic E-state index is 0. The Morgan fingerprint density at radius 1 is 0.833 bits per heavy atom. The number of fused-ring (bicyclic) bond motifs is 1. The Morgan fingerprint density at radius 3 is 2.21 bits per heavy atom. The van der Waals surface area contributed by atoms with Crippen LogP contribution < -0.4 is 21.5 Å². The monoisotopic (exact) mass is 397 g/mol.